The van der Waals surface area contributed by atoms with Crippen molar-refractivity contribution in [3.8, 4) is 5.75 Å². The standard InChI is InChI=1S/C11H15N3O4S2/c1-3-18-8-6-4-5-7-9(8)20(16,17)14(10(12)15)11(19)13-2/h4-7H,3H2,1-2H3,(H2,12,15)(H,13,19). The number of hydrogen-bond donors (Lipinski definition) is 2. The van der Waals surface area contributed by atoms with Crippen LogP contribution in [0, 0.1) is 0 Å². The lowest BCUT2D eigenvalue weighted by Gasteiger charge is -2.21. The van der Waals surface area contributed by atoms with Crippen LogP contribution in [0.25, 0.3) is 0 Å². The molecule has 9 heteroatoms. The van der Waals surface area contributed by atoms with Crippen molar-refractivity contribution in [3.63, 3.8) is 0 Å². The Kier molecular flexibility index (Phi) is 5.28. The molecular formula is C11H15N3O4S2. The summed E-state index contributed by atoms with van der Waals surface area (Å²) in [4.78, 5) is 11.2. The van der Waals surface area contributed by atoms with Crippen LogP contribution >= 0.6 is 12.2 Å². The molecule has 0 saturated heterocycles. The van der Waals surface area contributed by atoms with Crippen LogP contribution in [0.4, 0.5) is 4.79 Å². The Bertz CT molecular complexity index is 616. The van der Waals surface area contributed by atoms with Gasteiger partial charge in [-0.2, -0.15) is 4.31 Å². The Hall–Kier alpha value is -1.87. The summed E-state index contributed by atoms with van der Waals surface area (Å²) in [5.74, 6) is 0.125. The molecule has 1 rings (SSSR count). The van der Waals surface area contributed by atoms with Gasteiger partial charge in [-0.05, 0) is 31.3 Å². The molecule has 0 saturated carbocycles. The number of hydrogen-bond acceptors (Lipinski definition) is 5. The Balaban J connectivity index is 3.41. The quantitative estimate of drug-likeness (QED) is 0.791. The maximum absolute atomic E-state index is 12.5. The highest BCUT2D eigenvalue weighted by atomic mass is 32.2. The third kappa shape index (κ3) is 3.17. The van der Waals surface area contributed by atoms with Gasteiger partial charge in [-0.25, -0.2) is 13.2 Å². The van der Waals surface area contributed by atoms with E-state index in [0.717, 1.165) is 0 Å². The van der Waals surface area contributed by atoms with Crippen molar-refractivity contribution in [1.29, 1.82) is 0 Å². The molecule has 110 valence electrons. The number of nitrogens with two attached hydrogens (primary N) is 1. The molecule has 0 aliphatic rings. The van der Waals surface area contributed by atoms with Crippen molar-refractivity contribution in [3.05, 3.63) is 24.3 Å². The Morgan fingerprint density at radius 1 is 1.45 bits per heavy atom. The molecule has 0 heterocycles. The summed E-state index contributed by atoms with van der Waals surface area (Å²) in [7, 11) is -2.84. The van der Waals surface area contributed by atoms with E-state index in [0.29, 0.717) is 4.31 Å². The molecular weight excluding hydrogens is 302 g/mol. The normalized spacial score (nSPS) is 10.7. The third-order valence-electron chi connectivity index (χ3n) is 2.27. The molecule has 0 fully saturated rings. The number of carbonyl (C=O) groups is 1. The molecule has 0 spiro atoms. The number of benzene rings is 1. The van der Waals surface area contributed by atoms with Crippen LogP contribution in [0.3, 0.4) is 0 Å². The minimum Gasteiger partial charge on any atom is -0.492 e. The lowest BCUT2D eigenvalue weighted by molar-refractivity contribution is 0.242. The molecule has 2 amide bonds. The monoisotopic (exact) mass is 317 g/mol. The fourth-order valence-corrected chi connectivity index (χ4v) is 3.22. The van der Waals surface area contributed by atoms with Crippen molar-refractivity contribution in [2.75, 3.05) is 13.7 Å². The molecule has 1 aromatic carbocycles. The minimum absolute atomic E-state index is 0.125. The highest BCUT2D eigenvalue weighted by Gasteiger charge is 2.33. The van der Waals surface area contributed by atoms with Crippen LogP contribution in [-0.2, 0) is 10.0 Å². The van der Waals surface area contributed by atoms with E-state index in [-0.39, 0.29) is 22.4 Å². The SMILES string of the molecule is CCOc1ccccc1S(=O)(=O)N(C(N)=O)C(=S)NC. The largest absolute Gasteiger partial charge is 0.492 e. The van der Waals surface area contributed by atoms with Crippen LogP contribution in [0.15, 0.2) is 29.2 Å². The Labute approximate surface area is 122 Å². The fourth-order valence-electron chi connectivity index (χ4n) is 1.47. The van der Waals surface area contributed by atoms with Crippen LogP contribution in [0.2, 0.25) is 0 Å². The first-order valence-corrected chi connectivity index (χ1v) is 7.49. The summed E-state index contributed by atoms with van der Waals surface area (Å²) in [6, 6.07) is 4.73. The molecule has 0 bridgehead atoms. The summed E-state index contributed by atoms with van der Waals surface area (Å²) < 4.78 is 30.5. The molecule has 0 aliphatic heterocycles. The highest BCUT2D eigenvalue weighted by Crippen LogP contribution is 2.26. The lowest BCUT2D eigenvalue weighted by atomic mass is 10.3. The van der Waals surface area contributed by atoms with Gasteiger partial charge in [-0.1, -0.05) is 12.1 Å². The average molecular weight is 317 g/mol. The second-order valence-corrected chi connectivity index (χ2v) is 5.68. The van der Waals surface area contributed by atoms with Gasteiger partial charge in [-0.3, -0.25) is 0 Å². The Morgan fingerprint density at radius 2 is 2.05 bits per heavy atom. The van der Waals surface area contributed by atoms with Crippen molar-refractivity contribution < 1.29 is 17.9 Å². The summed E-state index contributed by atoms with van der Waals surface area (Å²) in [5, 5.41) is 2.09. The maximum Gasteiger partial charge on any atom is 0.335 e. The number of ether oxygens (including phenoxy) is 1. The number of nitrogens with zero attached hydrogens (tertiary/aromatic N) is 1. The van der Waals surface area contributed by atoms with Crippen LogP contribution in [0.5, 0.6) is 5.75 Å². The van der Waals surface area contributed by atoms with Crippen LogP contribution in [-0.4, -0.2) is 37.5 Å². The van der Waals surface area contributed by atoms with Crippen molar-refractivity contribution >= 4 is 33.4 Å². The average Bonchev–Trinajstić information content (AvgIpc) is 2.38. The maximum atomic E-state index is 12.5. The number of urea groups is 1. The van der Waals surface area contributed by atoms with Gasteiger partial charge in [0.25, 0.3) is 10.0 Å². The van der Waals surface area contributed by atoms with Gasteiger partial charge in [0.15, 0.2) is 5.11 Å². The molecule has 0 unspecified atom stereocenters. The van der Waals surface area contributed by atoms with E-state index >= 15 is 0 Å². The number of rotatable bonds is 4. The first kappa shape index (κ1) is 16.2. The second kappa shape index (κ2) is 6.53. The highest BCUT2D eigenvalue weighted by molar-refractivity contribution is 7.92. The zero-order chi connectivity index (χ0) is 15.3. The zero-order valence-electron chi connectivity index (χ0n) is 11.0. The van der Waals surface area contributed by atoms with E-state index in [1.54, 1.807) is 13.0 Å². The summed E-state index contributed by atoms with van der Waals surface area (Å²) in [5.41, 5.74) is 5.10. The number of carbonyl (C=O) groups excluding carboxylic acids is 1. The Morgan fingerprint density at radius 3 is 2.55 bits per heavy atom. The topological polar surface area (TPSA) is 102 Å². The molecule has 0 atom stereocenters. The predicted molar refractivity (Wildman–Crippen MR) is 77.9 cm³/mol. The summed E-state index contributed by atoms with van der Waals surface area (Å²) in [6.45, 7) is 1.99. The molecule has 0 aliphatic carbocycles. The number of thiocarbonyl (C=S) groups is 1. The molecule has 0 aromatic heterocycles. The summed E-state index contributed by atoms with van der Waals surface area (Å²) in [6.07, 6.45) is 0. The molecule has 0 radical (unpaired) electrons. The van der Waals surface area contributed by atoms with Gasteiger partial charge in [0.1, 0.15) is 10.6 Å². The number of sulfonamides is 1. The molecule has 3 N–H and O–H groups in total. The number of para-hydroxylation sites is 1. The predicted octanol–water partition coefficient (Wildman–Crippen LogP) is 0.659. The van der Waals surface area contributed by atoms with E-state index in [2.05, 4.69) is 5.32 Å². The fraction of sp³-hybridized carbons (Fsp3) is 0.273. The van der Waals surface area contributed by atoms with E-state index in [4.69, 9.17) is 22.7 Å². The number of amides is 2. The van der Waals surface area contributed by atoms with Gasteiger partial charge >= 0.3 is 6.03 Å². The van der Waals surface area contributed by atoms with E-state index < -0.39 is 16.1 Å². The third-order valence-corrected chi connectivity index (χ3v) is 4.50. The van der Waals surface area contributed by atoms with Crippen molar-refractivity contribution in [1.82, 2.24) is 9.62 Å². The van der Waals surface area contributed by atoms with E-state index in [9.17, 15) is 13.2 Å². The van der Waals surface area contributed by atoms with Gasteiger partial charge in [0, 0.05) is 7.05 Å². The van der Waals surface area contributed by atoms with Crippen molar-refractivity contribution in [2.45, 2.75) is 11.8 Å². The molecule has 7 nitrogen and oxygen atoms in total. The van der Waals surface area contributed by atoms with Gasteiger partial charge in [0.2, 0.25) is 0 Å². The van der Waals surface area contributed by atoms with Crippen LogP contribution < -0.4 is 15.8 Å². The molecule has 20 heavy (non-hydrogen) atoms. The first-order valence-electron chi connectivity index (χ1n) is 5.64. The van der Waals surface area contributed by atoms with E-state index in [1.165, 1.54) is 25.2 Å². The minimum atomic E-state index is -4.23. The van der Waals surface area contributed by atoms with Gasteiger partial charge in [0.05, 0.1) is 6.61 Å². The lowest BCUT2D eigenvalue weighted by Crippen LogP contribution is -2.48. The first-order chi connectivity index (χ1) is 9.36. The van der Waals surface area contributed by atoms with Crippen molar-refractivity contribution in [2.24, 2.45) is 5.73 Å². The number of primary amides is 1. The van der Waals surface area contributed by atoms with Crippen LogP contribution in [0.1, 0.15) is 6.92 Å². The van der Waals surface area contributed by atoms with E-state index in [1.807, 2.05) is 0 Å². The van der Waals surface area contributed by atoms with Gasteiger partial charge in [-0.15, -0.1) is 0 Å². The second-order valence-electron chi connectivity index (χ2n) is 3.54. The number of nitrogens with one attached hydrogen (secondary N) is 1. The van der Waals surface area contributed by atoms with Gasteiger partial charge < -0.3 is 15.8 Å². The zero-order valence-corrected chi connectivity index (χ0v) is 12.6. The smallest absolute Gasteiger partial charge is 0.335 e. The molecule has 1 aromatic rings. The summed E-state index contributed by atoms with van der Waals surface area (Å²) >= 11 is 4.80.